The summed E-state index contributed by atoms with van der Waals surface area (Å²) in [4.78, 5) is 3.16. The minimum absolute atomic E-state index is 0.634. The van der Waals surface area contributed by atoms with Crippen LogP contribution in [0.2, 0.25) is 0 Å². The van der Waals surface area contributed by atoms with Crippen LogP contribution in [-0.2, 0) is 0 Å². The molecule has 0 saturated carbocycles. The van der Waals surface area contributed by atoms with Gasteiger partial charge >= 0.3 is 0 Å². The molecule has 3 heteroatoms. The van der Waals surface area contributed by atoms with E-state index in [2.05, 4.69) is 4.98 Å². The van der Waals surface area contributed by atoms with Gasteiger partial charge in [0.1, 0.15) is 11.9 Å². The molecule has 0 bridgehead atoms. The van der Waals surface area contributed by atoms with Crippen molar-refractivity contribution in [2.45, 2.75) is 13.0 Å². The van der Waals surface area contributed by atoms with E-state index >= 15 is 0 Å². The Morgan fingerprint density at radius 1 is 1.10 bits per heavy atom. The van der Waals surface area contributed by atoms with Gasteiger partial charge in [-0.15, -0.1) is 0 Å². The van der Waals surface area contributed by atoms with Crippen LogP contribution in [0.15, 0.2) is 54.7 Å². The maximum absolute atomic E-state index is 10.6. The normalized spacial score (nSPS) is 12.5. The van der Waals surface area contributed by atoms with Crippen LogP contribution in [0, 0.1) is 0 Å². The maximum Gasteiger partial charge on any atom is 0.119 e. The molecule has 1 heterocycles. The smallest absolute Gasteiger partial charge is 0.119 e. The van der Waals surface area contributed by atoms with Crippen LogP contribution >= 0.6 is 0 Å². The summed E-state index contributed by atoms with van der Waals surface area (Å²) < 4.78 is 5.42. The van der Waals surface area contributed by atoms with E-state index in [0.717, 1.165) is 27.8 Å². The van der Waals surface area contributed by atoms with E-state index in [9.17, 15) is 5.11 Å². The fourth-order valence-corrected chi connectivity index (χ4v) is 2.44. The van der Waals surface area contributed by atoms with E-state index in [0.29, 0.717) is 6.61 Å². The van der Waals surface area contributed by atoms with Crippen molar-refractivity contribution in [1.82, 2.24) is 4.98 Å². The third-order valence-electron chi connectivity index (χ3n) is 3.43. The highest BCUT2D eigenvalue weighted by Gasteiger charge is 2.13. The van der Waals surface area contributed by atoms with E-state index in [4.69, 9.17) is 4.74 Å². The van der Waals surface area contributed by atoms with Crippen molar-refractivity contribution >= 4 is 10.9 Å². The highest BCUT2D eigenvalue weighted by Crippen LogP contribution is 2.29. The first kappa shape index (κ1) is 12.8. The lowest BCUT2D eigenvalue weighted by Gasteiger charge is -2.13. The van der Waals surface area contributed by atoms with Crippen LogP contribution < -0.4 is 4.74 Å². The summed E-state index contributed by atoms with van der Waals surface area (Å²) in [7, 11) is 0. The number of aromatic amines is 1. The number of fused-ring (bicyclic) bond motifs is 1. The molecule has 102 valence electrons. The number of ether oxygens (including phenoxy) is 1. The van der Waals surface area contributed by atoms with E-state index in [1.54, 1.807) is 0 Å². The molecule has 3 nitrogen and oxygen atoms in total. The van der Waals surface area contributed by atoms with Crippen LogP contribution in [0.5, 0.6) is 5.75 Å². The standard InChI is InChI=1S/C17H17NO2/c1-2-20-13-8-6-12(7-9-13)17(19)15-4-3-5-16-14(15)10-11-18-16/h3-11,17-19H,2H2,1H3. The molecule has 1 atom stereocenters. The lowest BCUT2D eigenvalue weighted by atomic mass is 9.98. The maximum atomic E-state index is 10.6. The Morgan fingerprint density at radius 2 is 1.90 bits per heavy atom. The second kappa shape index (κ2) is 5.39. The highest BCUT2D eigenvalue weighted by atomic mass is 16.5. The number of benzene rings is 2. The van der Waals surface area contributed by atoms with Crippen LogP contribution in [-0.4, -0.2) is 16.7 Å². The van der Waals surface area contributed by atoms with Gasteiger partial charge < -0.3 is 14.8 Å². The van der Waals surface area contributed by atoms with E-state index in [1.165, 1.54) is 0 Å². The zero-order valence-corrected chi connectivity index (χ0v) is 11.3. The fraction of sp³-hybridized carbons (Fsp3) is 0.176. The van der Waals surface area contributed by atoms with E-state index < -0.39 is 6.10 Å². The van der Waals surface area contributed by atoms with Crippen molar-refractivity contribution in [2.24, 2.45) is 0 Å². The molecule has 2 N–H and O–H groups in total. The first-order chi connectivity index (χ1) is 9.79. The number of aliphatic hydroxyl groups excluding tert-OH is 1. The molecular weight excluding hydrogens is 250 g/mol. The summed E-state index contributed by atoms with van der Waals surface area (Å²) in [5, 5.41) is 11.6. The van der Waals surface area contributed by atoms with Crippen LogP contribution in [0.4, 0.5) is 0 Å². The summed E-state index contributed by atoms with van der Waals surface area (Å²) >= 11 is 0. The lowest BCUT2D eigenvalue weighted by molar-refractivity contribution is 0.221. The molecule has 0 spiro atoms. The van der Waals surface area contributed by atoms with Gasteiger partial charge in [-0.05, 0) is 42.3 Å². The third kappa shape index (κ3) is 2.28. The Kier molecular flexibility index (Phi) is 3.44. The van der Waals surface area contributed by atoms with Crippen molar-refractivity contribution in [2.75, 3.05) is 6.61 Å². The number of hydrogen-bond donors (Lipinski definition) is 2. The van der Waals surface area contributed by atoms with Crippen molar-refractivity contribution in [1.29, 1.82) is 0 Å². The largest absolute Gasteiger partial charge is 0.494 e. The topological polar surface area (TPSA) is 45.2 Å². The predicted molar refractivity (Wildman–Crippen MR) is 80.0 cm³/mol. The van der Waals surface area contributed by atoms with Gasteiger partial charge in [0.2, 0.25) is 0 Å². The summed E-state index contributed by atoms with van der Waals surface area (Å²) in [5.41, 5.74) is 2.81. The molecule has 1 unspecified atom stereocenters. The van der Waals surface area contributed by atoms with Gasteiger partial charge in [0, 0.05) is 17.1 Å². The second-order valence-electron chi connectivity index (χ2n) is 4.69. The molecule has 0 saturated heterocycles. The molecule has 3 aromatic rings. The summed E-state index contributed by atoms with van der Waals surface area (Å²) in [5.74, 6) is 0.823. The quantitative estimate of drug-likeness (QED) is 0.758. The first-order valence-electron chi connectivity index (χ1n) is 6.76. The fourth-order valence-electron chi connectivity index (χ4n) is 2.44. The molecule has 0 aliphatic carbocycles. The molecule has 0 aliphatic heterocycles. The van der Waals surface area contributed by atoms with Crippen molar-refractivity contribution in [3.05, 3.63) is 65.9 Å². The highest BCUT2D eigenvalue weighted by molar-refractivity contribution is 5.83. The van der Waals surface area contributed by atoms with Gasteiger partial charge in [-0.1, -0.05) is 24.3 Å². The monoisotopic (exact) mass is 267 g/mol. The SMILES string of the molecule is CCOc1ccc(C(O)c2cccc3[nH]ccc23)cc1. The Hall–Kier alpha value is -2.26. The number of rotatable bonds is 4. The Balaban J connectivity index is 1.95. The second-order valence-corrected chi connectivity index (χ2v) is 4.69. The molecule has 0 aliphatic rings. The van der Waals surface area contributed by atoms with Crippen LogP contribution in [0.25, 0.3) is 10.9 Å². The summed E-state index contributed by atoms with van der Waals surface area (Å²) in [6.45, 7) is 2.60. The Bertz CT molecular complexity index is 700. The lowest BCUT2D eigenvalue weighted by Crippen LogP contribution is -2.00. The van der Waals surface area contributed by atoms with Gasteiger partial charge in [0.15, 0.2) is 0 Å². The van der Waals surface area contributed by atoms with Crippen molar-refractivity contribution < 1.29 is 9.84 Å². The summed E-state index contributed by atoms with van der Waals surface area (Å²) in [6.07, 6.45) is 1.25. The molecule has 20 heavy (non-hydrogen) atoms. The number of hydrogen-bond acceptors (Lipinski definition) is 2. The molecule has 0 fully saturated rings. The van der Waals surface area contributed by atoms with Crippen LogP contribution in [0.1, 0.15) is 24.2 Å². The first-order valence-corrected chi connectivity index (χ1v) is 6.76. The van der Waals surface area contributed by atoms with Gasteiger partial charge in [0.25, 0.3) is 0 Å². The number of nitrogens with one attached hydrogen (secondary N) is 1. The molecule has 2 aromatic carbocycles. The summed E-state index contributed by atoms with van der Waals surface area (Å²) in [6, 6.07) is 15.5. The van der Waals surface area contributed by atoms with Crippen molar-refractivity contribution in [3.8, 4) is 5.75 Å². The average molecular weight is 267 g/mol. The number of H-pyrrole nitrogens is 1. The third-order valence-corrected chi connectivity index (χ3v) is 3.43. The van der Waals surface area contributed by atoms with E-state index in [-0.39, 0.29) is 0 Å². The Morgan fingerprint density at radius 3 is 2.65 bits per heavy atom. The zero-order valence-electron chi connectivity index (χ0n) is 11.3. The Labute approximate surface area is 117 Å². The van der Waals surface area contributed by atoms with Gasteiger partial charge in [-0.2, -0.15) is 0 Å². The molecular formula is C17H17NO2. The predicted octanol–water partition coefficient (Wildman–Crippen LogP) is 3.65. The number of aromatic nitrogens is 1. The zero-order chi connectivity index (χ0) is 13.9. The molecule has 0 radical (unpaired) electrons. The van der Waals surface area contributed by atoms with Crippen molar-refractivity contribution in [3.63, 3.8) is 0 Å². The van der Waals surface area contributed by atoms with Gasteiger partial charge in [0.05, 0.1) is 6.61 Å². The molecule has 0 amide bonds. The molecule has 3 rings (SSSR count). The minimum atomic E-state index is -0.634. The van der Waals surface area contributed by atoms with Gasteiger partial charge in [-0.25, -0.2) is 0 Å². The molecule has 1 aromatic heterocycles. The minimum Gasteiger partial charge on any atom is -0.494 e. The number of aliphatic hydroxyl groups is 1. The van der Waals surface area contributed by atoms with Crippen LogP contribution in [0.3, 0.4) is 0 Å². The van der Waals surface area contributed by atoms with Gasteiger partial charge in [-0.3, -0.25) is 0 Å². The van der Waals surface area contributed by atoms with E-state index in [1.807, 2.05) is 61.7 Å². The average Bonchev–Trinajstić information content (AvgIpc) is 2.96.